The summed E-state index contributed by atoms with van der Waals surface area (Å²) in [5.41, 5.74) is 0.0173. The molecule has 1 fully saturated rings. The highest BCUT2D eigenvalue weighted by atomic mass is 127. The molecule has 1 aromatic carbocycles. The Balaban J connectivity index is 1.32. The average molecular weight is 846 g/mol. The normalized spacial score (nSPS) is 15.6. The monoisotopic (exact) mass is 845 g/mol. The summed E-state index contributed by atoms with van der Waals surface area (Å²) in [4.78, 5) is 72.3. The second-order valence-electron chi connectivity index (χ2n) is 14.6. The van der Waals surface area contributed by atoms with Gasteiger partial charge in [0.2, 0.25) is 29.4 Å². The number of phenolic OH excluding ortho intramolecular Hbond substituents is 2. The van der Waals surface area contributed by atoms with Crippen LogP contribution in [-0.2, 0) is 14.4 Å². The van der Waals surface area contributed by atoms with Crippen molar-refractivity contribution in [3.05, 3.63) is 51.7 Å². The first-order valence-electron chi connectivity index (χ1n) is 17.7. The Morgan fingerprint density at radius 2 is 1.64 bits per heavy atom. The van der Waals surface area contributed by atoms with E-state index in [0.29, 0.717) is 44.3 Å². The van der Waals surface area contributed by atoms with Gasteiger partial charge in [0, 0.05) is 39.9 Å². The molecule has 3 atom stereocenters. The smallest absolute Gasteiger partial charge is 0.286 e. The SMILES string of the molecule is CC(C)[C@H](NC(=O)[C@@H]1CCCN1C(=O)[C@@H](NC(=O)CCCCC(C)(C)NC(=O)c1cc(I)ccn1)C(C)C)C(=O)c1nnc(-c2cc(O)cc(O)c2)o1. The summed E-state index contributed by atoms with van der Waals surface area (Å²) in [7, 11) is 0. The van der Waals surface area contributed by atoms with Crippen molar-refractivity contribution in [1.29, 1.82) is 0 Å². The van der Waals surface area contributed by atoms with Gasteiger partial charge in [0.05, 0.1) is 6.04 Å². The number of carbonyl (C=O) groups is 5. The third kappa shape index (κ3) is 11.2. The number of rotatable bonds is 16. The topological polar surface area (TPSA) is 217 Å². The van der Waals surface area contributed by atoms with Crippen molar-refractivity contribution in [2.45, 2.75) is 104 Å². The molecule has 1 aliphatic heterocycles. The zero-order chi connectivity index (χ0) is 39.0. The van der Waals surface area contributed by atoms with Crippen LogP contribution in [0, 0.1) is 15.4 Å². The number of pyridine rings is 1. The van der Waals surface area contributed by atoms with Crippen LogP contribution >= 0.6 is 22.6 Å². The summed E-state index contributed by atoms with van der Waals surface area (Å²) in [5, 5.41) is 36.0. The fourth-order valence-electron chi connectivity index (χ4n) is 6.13. The Hall–Kier alpha value is -4.61. The van der Waals surface area contributed by atoms with Crippen LogP contribution in [0.15, 0.2) is 40.9 Å². The maximum atomic E-state index is 13.8. The lowest BCUT2D eigenvalue weighted by Gasteiger charge is -2.31. The molecule has 0 unspecified atom stereocenters. The number of likely N-dealkylation sites (tertiary alicyclic amines) is 1. The minimum Gasteiger partial charge on any atom is -0.508 e. The Labute approximate surface area is 322 Å². The molecule has 5 N–H and O–H groups in total. The summed E-state index contributed by atoms with van der Waals surface area (Å²) >= 11 is 2.13. The minimum atomic E-state index is -1.05. The summed E-state index contributed by atoms with van der Waals surface area (Å²) in [5.74, 6) is -3.64. The van der Waals surface area contributed by atoms with E-state index >= 15 is 0 Å². The number of nitrogens with one attached hydrogen (secondary N) is 3. The molecule has 0 radical (unpaired) electrons. The highest BCUT2D eigenvalue weighted by molar-refractivity contribution is 14.1. The highest BCUT2D eigenvalue weighted by Gasteiger charge is 2.40. The Bertz CT molecular complexity index is 1790. The number of hydrogen-bond donors (Lipinski definition) is 5. The lowest BCUT2D eigenvalue weighted by molar-refractivity contribution is -0.142. The molecule has 0 spiro atoms. The molecular formula is C37H48IN7O8. The molecular weight excluding hydrogens is 797 g/mol. The van der Waals surface area contributed by atoms with E-state index in [-0.39, 0.29) is 64.8 Å². The Kier molecular flexibility index (Phi) is 13.9. The molecule has 1 saturated heterocycles. The Morgan fingerprint density at radius 3 is 2.28 bits per heavy atom. The zero-order valence-corrected chi connectivity index (χ0v) is 33.0. The molecule has 4 rings (SSSR count). The predicted molar refractivity (Wildman–Crippen MR) is 203 cm³/mol. The summed E-state index contributed by atoms with van der Waals surface area (Å²) in [6.07, 6.45) is 4.56. The predicted octanol–water partition coefficient (Wildman–Crippen LogP) is 4.37. The number of phenols is 2. The molecule has 3 aromatic rings. The van der Waals surface area contributed by atoms with Gasteiger partial charge in [-0.3, -0.25) is 29.0 Å². The van der Waals surface area contributed by atoms with Crippen molar-refractivity contribution in [2.24, 2.45) is 11.8 Å². The van der Waals surface area contributed by atoms with Crippen molar-refractivity contribution in [3.63, 3.8) is 0 Å². The molecule has 15 nitrogen and oxygen atoms in total. The van der Waals surface area contributed by atoms with Crippen LogP contribution in [0.4, 0.5) is 0 Å². The van der Waals surface area contributed by atoms with Gasteiger partial charge in [-0.15, -0.1) is 10.2 Å². The van der Waals surface area contributed by atoms with E-state index in [2.05, 4.69) is 53.7 Å². The van der Waals surface area contributed by atoms with E-state index in [1.54, 1.807) is 26.1 Å². The number of hydrogen-bond acceptors (Lipinski definition) is 11. The zero-order valence-electron chi connectivity index (χ0n) is 30.8. The van der Waals surface area contributed by atoms with Gasteiger partial charge in [0.15, 0.2) is 0 Å². The van der Waals surface area contributed by atoms with E-state index in [4.69, 9.17) is 4.42 Å². The van der Waals surface area contributed by atoms with Gasteiger partial charge in [0.1, 0.15) is 29.3 Å². The van der Waals surface area contributed by atoms with Crippen molar-refractivity contribution in [3.8, 4) is 23.0 Å². The largest absolute Gasteiger partial charge is 0.508 e. The first kappa shape index (κ1) is 41.2. The molecule has 0 saturated carbocycles. The van der Waals surface area contributed by atoms with Gasteiger partial charge < -0.3 is 35.5 Å². The molecule has 1 aliphatic rings. The van der Waals surface area contributed by atoms with E-state index in [1.165, 1.54) is 17.0 Å². The van der Waals surface area contributed by atoms with Gasteiger partial charge in [-0.05, 0) is 98.2 Å². The molecule has 16 heteroatoms. The van der Waals surface area contributed by atoms with Crippen LogP contribution in [0.5, 0.6) is 11.5 Å². The van der Waals surface area contributed by atoms with Gasteiger partial charge in [-0.2, -0.15) is 0 Å². The molecule has 286 valence electrons. The van der Waals surface area contributed by atoms with Crippen molar-refractivity contribution >= 4 is 52.0 Å². The van der Waals surface area contributed by atoms with E-state index in [1.807, 2.05) is 33.8 Å². The lowest BCUT2D eigenvalue weighted by atomic mass is 9.96. The van der Waals surface area contributed by atoms with Crippen LogP contribution in [0.1, 0.15) is 101 Å². The number of benzene rings is 1. The highest BCUT2D eigenvalue weighted by Crippen LogP contribution is 2.28. The van der Waals surface area contributed by atoms with Crippen LogP contribution in [-0.4, -0.2) is 89.9 Å². The first-order chi connectivity index (χ1) is 25.0. The molecule has 4 amide bonds. The average Bonchev–Trinajstić information content (AvgIpc) is 3.78. The van der Waals surface area contributed by atoms with Crippen molar-refractivity contribution in [1.82, 2.24) is 36.0 Å². The van der Waals surface area contributed by atoms with Crippen molar-refractivity contribution < 1.29 is 38.6 Å². The number of ketones is 1. The third-order valence-electron chi connectivity index (χ3n) is 8.98. The summed E-state index contributed by atoms with van der Waals surface area (Å²) in [6, 6.07) is 4.47. The van der Waals surface area contributed by atoms with Crippen LogP contribution in [0.25, 0.3) is 11.5 Å². The lowest BCUT2D eigenvalue weighted by Crippen LogP contribution is -2.57. The van der Waals surface area contributed by atoms with Crippen LogP contribution in [0.3, 0.4) is 0 Å². The summed E-state index contributed by atoms with van der Waals surface area (Å²) in [6.45, 7) is 11.3. The minimum absolute atomic E-state index is 0.105. The van der Waals surface area contributed by atoms with E-state index < -0.39 is 35.4 Å². The van der Waals surface area contributed by atoms with Crippen LogP contribution < -0.4 is 16.0 Å². The van der Waals surface area contributed by atoms with Crippen molar-refractivity contribution in [2.75, 3.05) is 6.54 Å². The fourth-order valence-corrected chi connectivity index (χ4v) is 6.59. The van der Waals surface area contributed by atoms with Crippen LogP contribution in [0.2, 0.25) is 0 Å². The summed E-state index contributed by atoms with van der Waals surface area (Å²) < 4.78 is 6.46. The number of amides is 4. The number of aromatic nitrogens is 3. The number of carbonyl (C=O) groups excluding carboxylic acids is 5. The molecule has 53 heavy (non-hydrogen) atoms. The molecule has 0 aliphatic carbocycles. The first-order valence-corrected chi connectivity index (χ1v) is 18.8. The molecule has 2 aromatic heterocycles. The number of halogens is 1. The second-order valence-corrected chi connectivity index (χ2v) is 15.9. The number of Topliss-reactive ketones (excluding diaryl/α,β-unsaturated/α-hetero) is 1. The van der Waals surface area contributed by atoms with Gasteiger partial charge in [-0.1, -0.05) is 34.1 Å². The van der Waals surface area contributed by atoms with Gasteiger partial charge in [-0.25, -0.2) is 0 Å². The molecule has 0 bridgehead atoms. The number of aromatic hydroxyl groups is 2. The standard InChI is InChI=1S/C37H48IN7O8/c1-20(2)29(31(49)35-44-43-34(53-35)22-16-24(46)19-25(47)17-22)41-33(51)27-10-9-15-45(27)36(52)30(21(3)4)40-28(48)11-7-8-13-37(5,6)42-32(50)26-18-23(38)12-14-39-26/h12,14,16-21,27,29-30,46-47H,7-11,13,15H2,1-6H3,(H,40,48)(H,41,51)(H,42,50)/t27-,29-,30-/m0/s1. The van der Waals surface area contributed by atoms with Gasteiger partial charge in [0.25, 0.3) is 11.8 Å². The molecule has 3 heterocycles. The maximum Gasteiger partial charge on any atom is 0.286 e. The van der Waals surface area contributed by atoms with E-state index in [9.17, 15) is 34.2 Å². The second kappa shape index (κ2) is 17.9. The van der Waals surface area contributed by atoms with Gasteiger partial charge >= 0.3 is 0 Å². The number of nitrogens with zero attached hydrogens (tertiary/aromatic N) is 4. The third-order valence-corrected chi connectivity index (χ3v) is 9.65. The fraction of sp³-hybridized carbons (Fsp3) is 0.514. The quantitative estimate of drug-likeness (QED) is 0.0775. The maximum absolute atomic E-state index is 13.8. The van der Waals surface area contributed by atoms with E-state index in [0.717, 1.165) is 9.64 Å². The number of unbranched alkanes of at least 4 members (excludes halogenated alkanes) is 1. The Morgan fingerprint density at radius 1 is 0.962 bits per heavy atom.